The number of ketones is 1. The summed E-state index contributed by atoms with van der Waals surface area (Å²) >= 11 is 3.72. The molecule has 0 radical (unpaired) electrons. The van der Waals surface area contributed by atoms with E-state index < -0.39 is 141 Å². The van der Waals surface area contributed by atoms with Gasteiger partial charge in [0.05, 0.1) is 30.2 Å². The van der Waals surface area contributed by atoms with Gasteiger partial charge in [-0.3, -0.25) is 43.2 Å². The molecule has 2 aromatic heterocycles. The van der Waals surface area contributed by atoms with Gasteiger partial charge < -0.3 is 51.1 Å². The third kappa shape index (κ3) is 14.5. The van der Waals surface area contributed by atoms with Gasteiger partial charge in [0.1, 0.15) is 41.7 Å². The Morgan fingerprint density at radius 1 is 0.618 bits per heavy atom. The van der Waals surface area contributed by atoms with Crippen LogP contribution in [0.4, 0.5) is 4.79 Å². The van der Waals surface area contributed by atoms with Crippen molar-refractivity contribution in [1.29, 1.82) is 0 Å². The molecule has 4 aromatic rings. The number of urea groups is 1. The van der Waals surface area contributed by atoms with Crippen LogP contribution in [-0.4, -0.2) is 222 Å². The lowest BCUT2D eigenvalue weighted by molar-refractivity contribution is -0.144. The predicted octanol–water partition coefficient (Wildman–Crippen LogP) is 1.92. The van der Waals surface area contributed by atoms with Crippen LogP contribution in [0.25, 0.3) is 21.8 Å². The normalized spacial score (nSPS) is 22.8. The van der Waals surface area contributed by atoms with Gasteiger partial charge in [0.2, 0.25) is 33.9 Å². The van der Waals surface area contributed by atoms with Crippen molar-refractivity contribution in [2.75, 3.05) is 88.3 Å². The van der Waals surface area contributed by atoms with E-state index in [-0.39, 0.29) is 23.0 Å². The second-order valence-corrected chi connectivity index (χ2v) is 23.7. The number of hydrogen-bond acceptors (Lipinski definition) is 20. The average Bonchev–Trinajstić information content (AvgIpc) is 3.41. The molecule has 0 saturated carbocycles. The van der Waals surface area contributed by atoms with Crippen LogP contribution in [0.15, 0.2) is 60.7 Å². The number of Topliss-reactive ketones (excluding diaryl/α,β-unsaturated/α-hetero) is 1. The first kappa shape index (κ1) is 59.3. The fraction of sp³-hybridized carbons (Fsp3) is 0.417. The van der Waals surface area contributed by atoms with Gasteiger partial charge in [0.25, 0.3) is 11.8 Å². The van der Waals surface area contributed by atoms with Gasteiger partial charge in [0, 0.05) is 73.5 Å². The molecule has 2 fully saturated rings. The van der Waals surface area contributed by atoms with E-state index in [1.807, 2.05) is 0 Å². The first-order chi connectivity index (χ1) is 36.2. The Morgan fingerprint density at radius 2 is 1.07 bits per heavy atom. The lowest BCUT2D eigenvalue weighted by Crippen LogP contribution is -2.57. The first-order valence-corrected chi connectivity index (χ1v) is 30.5. The number of benzene rings is 2. The van der Waals surface area contributed by atoms with Crippen LogP contribution in [0.3, 0.4) is 0 Å². The second-order valence-electron chi connectivity index (χ2n) is 17.3. The molecular formula is C48H56N10O12S6. The molecule has 2 saturated heterocycles. The molecule has 22 nitrogen and oxygen atoms in total. The maximum absolute atomic E-state index is 14.7. The topological polar surface area (TPSA) is 298 Å². The zero-order chi connectivity index (χ0) is 55.4. The van der Waals surface area contributed by atoms with Crippen LogP contribution in [0.1, 0.15) is 21.0 Å². The minimum absolute atomic E-state index is 0.0566. The molecule has 2 aromatic carbocycles. The quantitative estimate of drug-likeness (QED) is 0.137. The van der Waals surface area contributed by atoms with Gasteiger partial charge in [0.15, 0.2) is 17.2 Å². The molecule has 2 aliphatic heterocycles. The lowest BCUT2D eigenvalue weighted by Gasteiger charge is -2.35. The summed E-state index contributed by atoms with van der Waals surface area (Å²) in [5.74, 6) is -7.75. The zero-order valence-corrected chi connectivity index (χ0v) is 46.9. The van der Waals surface area contributed by atoms with E-state index in [0.717, 1.165) is 31.4 Å². The van der Waals surface area contributed by atoms with E-state index in [2.05, 4.69) is 31.2 Å². The molecular weight excluding hydrogens is 1100 g/mol. The highest BCUT2D eigenvalue weighted by Gasteiger charge is 2.39. The number of likely N-dealkylation sites (N-methyl/N-ethyl adjacent to an activating group) is 4. The number of aromatic hydroxyl groups is 2. The van der Waals surface area contributed by atoms with Crippen LogP contribution in [0, 0.1) is 0 Å². The van der Waals surface area contributed by atoms with E-state index in [9.17, 15) is 58.2 Å². The van der Waals surface area contributed by atoms with E-state index in [4.69, 9.17) is 0 Å². The Morgan fingerprint density at radius 3 is 1.55 bits per heavy atom. The molecule has 2 aliphatic rings. The SMILES string of the molecule is CSCC1C(=O)SCC(NC(=O)c2nc3ccccc3cc2O)C(=O)CNC(=O)N(C)C2CSSCC(C(=O)N1C)N(C)C(=O)CNC(=O)C(NC(=O)c1nc3ccccc3cc1O)CSC(=O)C(CSC)N(C)C2=O. The van der Waals surface area contributed by atoms with Crippen molar-refractivity contribution in [2.24, 2.45) is 0 Å². The number of thioether (sulfide) groups is 4. The van der Waals surface area contributed by atoms with Gasteiger partial charge in [-0.15, -0.1) is 0 Å². The second kappa shape index (κ2) is 27.4. The van der Waals surface area contributed by atoms with Crippen LogP contribution in [0.2, 0.25) is 0 Å². The molecule has 6 atom stereocenters. The molecule has 6 unspecified atom stereocenters. The third-order valence-corrected chi connectivity index (χ3v) is 18.1. The Bertz CT molecular complexity index is 2710. The van der Waals surface area contributed by atoms with Gasteiger partial charge in [-0.1, -0.05) is 81.5 Å². The predicted molar refractivity (Wildman–Crippen MR) is 299 cm³/mol. The van der Waals surface area contributed by atoms with Gasteiger partial charge >= 0.3 is 6.03 Å². The molecule has 28 heteroatoms. The summed E-state index contributed by atoms with van der Waals surface area (Å²) in [6.07, 6.45) is 3.42. The van der Waals surface area contributed by atoms with E-state index >= 15 is 0 Å². The number of carbonyl (C=O) groups excluding carboxylic acids is 10. The lowest BCUT2D eigenvalue weighted by atomic mass is 10.1. The number of amides is 8. The number of para-hydroxylation sites is 2. The highest BCUT2D eigenvalue weighted by Crippen LogP contribution is 2.30. The Kier molecular flexibility index (Phi) is 21.4. The van der Waals surface area contributed by atoms with Crippen LogP contribution in [0.5, 0.6) is 11.5 Å². The highest BCUT2D eigenvalue weighted by molar-refractivity contribution is 8.76. The van der Waals surface area contributed by atoms with Crippen LogP contribution in [-0.2, 0) is 33.6 Å². The van der Waals surface area contributed by atoms with Crippen molar-refractivity contribution in [3.63, 3.8) is 0 Å². The largest absolute Gasteiger partial charge is 0.505 e. The monoisotopic (exact) mass is 1160 g/mol. The molecule has 6 N–H and O–H groups in total. The molecule has 6 rings (SSSR count). The number of hydrogen-bond donors (Lipinski definition) is 6. The van der Waals surface area contributed by atoms with Crippen molar-refractivity contribution in [3.8, 4) is 11.5 Å². The minimum Gasteiger partial charge on any atom is -0.505 e. The van der Waals surface area contributed by atoms with Crippen molar-refractivity contribution in [3.05, 3.63) is 72.1 Å². The Balaban J connectivity index is 1.36. The van der Waals surface area contributed by atoms with Crippen molar-refractivity contribution < 1.29 is 58.2 Å². The maximum Gasteiger partial charge on any atom is 0.318 e. The van der Waals surface area contributed by atoms with Crippen LogP contribution >= 0.6 is 68.6 Å². The number of carbonyl (C=O) groups is 10. The number of nitrogens with zero attached hydrogens (tertiary/aromatic N) is 6. The van der Waals surface area contributed by atoms with Crippen molar-refractivity contribution in [1.82, 2.24) is 50.8 Å². The Labute approximate surface area is 462 Å². The van der Waals surface area contributed by atoms with E-state index in [0.29, 0.717) is 45.3 Å². The fourth-order valence-electron chi connectivity index (χ4n) is 7.75. The van der Waals surface area contributed by atoms with Gasteiger partial charge in [-0.05, 0) is 36.8 Å². The van der Waals surface area contributed by atoms with Crippen molar-refractivity contribution in [2.45, 2.75) is 36.3 Å². The number of pyridine rings is 2. The fourth-order valence-corrected chi connectivity index (χ4v) is 13.9. The number of rotatable bonds is 8. The first-order valence-electron chi connectivity index (χ1n) is 23.2. The molecule has 0 spiro atoms. The molecule has 2 bridgehead atoms. The maximum atomic E-state index is 14.7. The summed E-state index contributed by atoms with van der Waals surface area (Å²) < 4.78 is 0. The van der Waals surface area contributed by atoms with E-state index in [1.54, 1.807) is 61.0 Å². The third-order valence-electron chi connectivity index (χ3n) is 12.3. The highest BCUT2D eigenvalue weighted by atomic mass is 33.1. The molecule has 406 valence electrons. The number of fused-ring (bicyclic) bond motifs is 7. The minimum atomic E-state index is -1.53. The summed E-state index contributed by atoms with van der Waals surface area (Å²) in [6.45, 7) is -1.41. The standard InChI is InChI=1S/C48H56N10O12S6/c1-55-31-23-75-76-24-32(45(67)57(3)34(22-72-6)47(69)74-20-30(41(63)49-18-38(55)62)54-43(65)40-36(60)16-26-12-8-10-14-28(26)52-40)58(4)48(70)50-17-37(61)29(19-73-46(68)33(21-71-5)56(2)44(31)66)53-42(64)39-35(59)15-25-11-7-9-13-27(25)51-39/h7-16,29-34,59-60H,17-24H2,1-6H3,(H,49,63)(H,50,70)(H,53,64)(H,54,65). The summed E-state index contributed by atoms with van der Waals surface area (Å²) in [4.78, 5) is 155. The molecule has 0 aliphatic carbocycles. The Hall–Kier alpha value is -5.94. The average molecular weight is 1160 g/mol. The summed E-state index contributed by atoms with van der Waals surface area (Å²) in [5.41, 5.74) is -0.0929. The smallest absolute Gasteiger partial charge is 0.318 e. The van der Waals surface area contributed by atoms with Gasteiger partial charge in [-0.25, -0.2) is 14.8 Å². The van der Waals surface area contributed by atoms with Crippen LogP contribution < -0.4 is 21.3 Å². The molecule has 8 amide bonds. The van der Waals surface area contributed by atoms with E-state index in [1.165, 1.54) is 73.6 Å². The zero-order valence-electron chi connectivity index (χ0n) is 42.0. The molecule has 4 heterocycles. The summed E-state index contributed by atoms with van der Waals surface area (Å²) in [5, 5.41) is 31.6. The number of aromatic nitrogens is 2. The van der Waals surface area contributed by atoms with Crippen molar-refractivity contribution >= 4 is 148 Å². The molecule has 76 heavy (non-hydrogen) atoms. The summed E-state index contributed by atoms with van der Waals surface area (Å²) in [7, 11) is 7.56. The van der Waals surface area contributed by atoms with Gasteiger partial charge in [-0.2, -0.15) is 23.5 Å². The summed E-state index contributed by atoms with van der Waals surface area (Å²) in [6, 6.07) is 7.19. The number of nitrogens with one attached hydrogen (secondary N) is 4.